The van der Waals surface area contributed by atoms with Gasteiger partial charge in [0.15, 0.2) is 0 Å². The third-order valence-corrected chi connectivity index (χ3v) is 2.86. The van der Waals surface area contributed by atoms with Gasteiger partial charge in [-0.15, -0.1) is 0 Å². The van der Waals surface area contributed by atoms with Crippen LogP contribution < -0.4 is 16.6 Å². The van der Waals surface area contributed by atoms with Gasteiger partial charge in [-0.05, 0) is 46.2 Å². The van der Waals surface area contributed by atoms with Gasteiger partial charge in [0, 0.05) is 19.1 Å². The summed E-state index contributed by atoms with van der Waals surface area (Å²) in [7, 11) is 2.16. The lowest BCUT2D eigenvalue weighted by Crippen LogP contribution is -2.42. The molecule has 0 aromatic rings. The van der Waals surface area contributed by atoms with E-state index >= 15 is 0 Å². The predicted octanol–water partition coefficient (Wildman–Crippen LogP) is 1.17. The van der Waals surface area contributed by atoms with Gasteiger partial charge in [-0.1, -0.05) is 13.8 Å². The second-order valence-corrected chi connectivity index (χ2v) is 5.44. The van der Waals surface area contributed by atoms with Crippen molar-refractivity contribution < 1.29 is 0 Å². The third-order valence-electron chi connectivity index (χ3n) is 2.86. The van der Waals surface area contributed by atoms with E-state index in [9.17, 15) is 0 Å². The van der Waals surface area contributed by atoms with Crippen molar-refractivity contribution in [3.05, 3.63) is 0 Å². The first-order chi connectivity index (χ1) is 8.47. The Hall–Kier alpha value is -0.810. The number of nitrogens with zero attached hydrogens (tertiary/aromatic N) is 2. The van der Waals surface area contributed by atoms with Crippen molar-refractivity contribution >= 4 is 5.96 Å². The van der Waals surface area contributed by atoms with Gasteiger partial charge in [0.1, 0.15) is 0 Å². The lowest BCUT2D eigenvalue weighted by atomic mass is 10.2. The number of aliphatic imine (C=N–C) groups is 1. The van der Waals surface area contributed by atoms with Crippen LogP contribution in [0, 0.1) is 5.92 Å². The molecule has 0 fully saturated rings. The van der Waals surface area contributed by atoms with E-state index in [0.29, 0.717) is 17.9 Å². The molecule has 5 nitrogen and oxygen atoms in total. The molecule has 0 aromatic heterocycles. The van der Waals surface area contributed by atoms with E-state index in [0.717, 1.165) is 26.1 Å². The summed E-state index contributed by atoms with van der Waals surface area (Å²) in [6.45, 7) is 11.5. The van der Waals surface area contributed by atoms with E-state index < -0.39 is 0 Å². The first kappa shape index (κ1) is 17.2. The zero-order chi connectivity index (χ0) is 14.0. The monoisotopic (exact) mass is 257 g/mol. The normalized spacial score (nSPS) is 12.6. The molecule has 0 rings (SSSR count). The molecule has 0 saturated heterocycles. The number of rotatable bonds is 8. The van der Waals surface area contributed by atoms with Crippen LogP contribution in [0.15, 0.2) is 4.99 Å². The molecule has 0 bridgehead atoms. The number of hydrazine groups is 1. The smallest absolute Gasteiger partial charge is 0.205 e. The lowest BCUT2D eigenvalue weighted by Gasteiger charge is -2.20. The van der Waals surface area contributed by atoms with Gasteiger partial charge in [-0.2, -0.15) is 0 Å². The van der Waals surface area contributed by atoms with Crippen LogP contribution in [0.25, 0.3) is 0 Å². The van der Waals surface area contributed by atoms with Crippen LogP contribution in [0.5, 0.6) is 0 Å². The van der Waals surface area contributed by atoms with Crippen molar-refractivity contribution in [3.8, 4) is 0 Å². The fourth-order valence-corrected chi connectivity index (χ4v) is 1.38. The molecule has 0 aliphatic rings. The topological polar surface area (TPSA) is 65.7 Å². The molecule has 0 amide bonds. The minimum atomic E-state index is 0.551. The SMILES string of the molecule is CC(C)CN=C(NN)NCCCCN(C)C(C)C. The maximum absolute atomic E-state index is 5.41. The minimum Gasteiger partial charge on any atom is -0.355 e. The average Bonchev–Trinajstić information content (AvgIpc) is 2.31. The molecular formula is C13H31N5. The molecule has 0 aromatic carbocycles. The zero-order valence-corrected chi connectivity index (χ0v) is 12.7. The summed E-state index contributed by atoms with van der Waals surface area (Å²) in [5, 5.41) is 3.22. The lowest BCUT2D eigenvalue weighted by molar-refractivity contribution is 0.268. The first-order valence-electron chi connectivity index (χ1n) is 6.92. The van der Waals surface area contributed by atoms with E-state index in [1.54, 1.807) is 0 Å². The summed E-state index contributed by atoms with van der Waals surface area (Å²) in [6, 6.07) is 0.617. The molecule has 0 aliphatic carbocycles. The maximum Gasteiger partial charge on any atom is 0.205 e. The fourth-order valence-electron chi connectivity index (χ4n) is 1.38. The van der Waals surface area contributed by atoms with E-state index in [1.807, 2.05) is 0 Å². The van der Waals surface area contributed by atoms with Gasteiger partial charge in [0.2, 0.25) is 5.96 Å². The molecule has 0 unspecified atom stereocenters. The number of unbranched alkanes of at least 4 members (excludes halogenated alkanes) is 1. The summed E-state index contributed by atoms with van der Waals surface area (Å²) in [5.41, 5.74) is 2.60. The van der Waals surface area contributed by atoms with Crippen LogP contribution in [0.1, 0.15) is 40.5 Å². The molecule has 5 heteroatoms. The summed E-state index contributed by atoms with van der Waals surface area (Å²) in [6.07, 6.45) is 2.31. The molecule has 0 aliphatic heterocycles. The van der Waals surface area contributed by atoms with Gasteiger partial charge < -0.3 is 10.2 Å². The van der Waals surface area contributed by atoms with Crippen LogP contribution in [0.2, 0.25) is 0 Å². The fraction of sp³-hybridized carbons (Fsp3) is 0.923. The van der Waals surface area contributed by atoms with Gasteiger partial charge in [-0.25, -0.2) is 5.84 Å². The number of hydrogen-bond donors (Lipinski definition) is 3. The van der Waals surface area contributed by atoms with Gasteiger partial charge in [0.05, 0.1) is 0 Å². The van der Waals surface area contributed by atoms with Crippen molar-refractivity contribution in [2.45, 2.75) is 46.6 Å². The Labute approximate surface area is 112 Å². The van der Waals surface area contributed by atoms with E-state index in [1.165, 1.54) is 6.42 Å². The molecule has 0 atom stereocenters. The highest BCUT2D eigenvalue weighted by molar-refractivity contribution is 5.79. The highest BCUT2D eigenvalue weighted by Gasteiger charge is 2.02. The largest absolute Gasteiger partial charge is 0.355 e. The zero-order valence-electron chi connectivity index (χ0n) is 12.7. The van der Waals surface area contributed by atoms with Crippen LogP contribution in [-0.2, 0) is 0 Å². The van der Waals surface area contributed by atoms with E-state index in [2.05, 4.69) is 55.4 Å². The Morgan fingerprint density at radius 1 is 1.22 bits per heavy atom. The Balaban J connectivity index is 3.66. The summed E-state index contributed by atoms with van der Waals surface area (Å²) >= 11 is 0. The molecule has 0 saturated carbocycles. The van der Waals surface area contributed by atoms with Crippen molar-refractivity contribution in [1.29, 1.82) is 0 Å². The Morgan fingerprint density at radius 3 is 2.39 bits per heavy atom. The highest BCUT2D eigenvalue weighted by Crippen LogP contribution is 1.97. The summed E-state index contributed by atoms with van der Waals surface area (Å²) in [4.78, 5) is 6.72. The average molecular weight is 257 g/mol. The standard InChI is InChI=1S/C13H31N5/c1-11(2)10-16-13(17-14)15-8-6-7-9-18(5)12(3)4/h11-12H,6-10,14H2,1-5H3,(H2,15,16,17). The number of guanidine groups is 1. The maximum atomic E-state index is 5.41. The Bertz CT molecular complexity index is 225. The van der Waals surface area contributed by atoms with E-state index in [4.69, 9.17) is 5.84 Å². The molecule has 0 spiro atoms. The molecule has 108 valence electrons. The number of hydrogen-bond acceptors (Lipinski definition) is 3. The van der Waals surface area contributed by atoms with Crippen LogP contribution in [0.4, 0.5) is 0 Å². The molecular weight excluding hydrogens is 226 g/mol. The second-order valence-electron chi connectivity index (χ2n) is 5.44. The van der Waals surface area contributed by atoms with Crippen LogP contribution >= 0.6 is 0 Å². The van der Waals surface area contributed by atoms with Gasteiger partial charge >= 0.3 is 0 Å². The van der Waals surface area contributed by atoms with Crippen molar-refractivity contribution in [2.75, 3.05) is 26.7 Å². The molecule has 18 heavy (non-hydrogen) atoms. The third kappa shape index (κ3) is 9.24. The quantitative estimate of drug-likeness (QED) is 0.201. The predicted molar refractivity (Wildman–Crippen MR) is 79.5 cm³/mol. The first-order valence-corrected chi connectivity index (χ1v) is 6.92. The van der Waals surface area contributed by atoms with Gasteiger partial charge in [-0.3, -0.25) is 10.4 Å². The molecule has 4 N–H and O–H groups in total. The Morgan fingerprint density at radius 2 is 1.89 bits per heavy atom. The second kappa shape index (κ2) is 10.1. The van der Waals surface area contributed by atoms with Crippen molar-refractivity contribution in [3.63, 3.8) is 0 Å². The summed E-state index contributed by atoms with van der Waals surface area (Å²) < 4.78 is 0. The van der Waals surface area contributed by atoms with Crippen LogP contribution in [0.3, 0.4) is 0 Å². The van der Waals surface area contributed by atoms with E-state index in [-0.39, 0.29) is 0 Å². The summed E-state index contributed by atoms with van der Waals surface area (Å²) in [5.74, 6) is 6.66. The highest BCUT2D eigenvalue weighted by atomic mass is 15.3. The van der Waals surface area contributed by atoms with Gasteiger partial charge in [0.25, 0.3) is 0 Å². The minimum absolute atomic E-state index is 0.551. The number of nitrogens with one attached hydrogen (secondary N) is 2. The van der Waals surface area contributed by atoms with Crippen molar-refractivity contribution in [1.82, 2.24) is 15.6 Å². The molecule has 0 heterocycles. The van der Waals surface area contributed by atoms with Crippen molar-refractivity contribution in [2.24, 2.45) is 16.8 Å². The number of nitrogens with two attached hydrogens (primary N) is 1. The Kier molecular flexibility index (Phi) is 9.69. The van der Waals surface area contributed by atoms with Crippen LogP contribution in [-0.4, -0.2) is 43.6 Å². The molecule has 0 radical (unpaired) electrons.